The van der Waals surface area contributed by atoms with Gasteiger partial charge in [0.05, 0.1) is 17.8 Å². The van der Waals surface area contributed by atoms with E-state index in [1.165, 1.54) is 11.1 Å². The van der Waals surface area contributed by atoms with Gasteiger partial charge in [-0.25, -0.2) is 0 Å². The first-order valence-electron chi connectivity index (χ1n) is 9.21. The first kappa shape index (κ1) is 17.2. The Morgan fingerprint density at radius 3 is 2.73 bits per heavy atom. The Kier molecular flexibility index (Phi) is 4.32. The van der Waals surface area contributed by atoms with Crippen LogP contribution < -0.4 is 10.6 Å². The summed E-state index contributed by atoms with van der Waals surface area (Å²) in [6, 6.07) is 10.1. The Labute approximate surface area is 153 Å². The van der Waals surface area contributed by atoms with E-state index in [1.54, 1.807) is 18.8 Å². The van der Waals surface area contributed by atoms with Crippen molar-refractivity contribution in [2.45, 2.75) is 37.3 Å². The van der Waals surface area contributed by atoms with E-state index in [2.05, 4.69) is 33.9 Å². The number of ether oxygens (including phenoxy) is 1. The third kappa shape index (κ3) is 2.56. The average molecular weight is 354 g/mol. The highest BCUT2D eigenvalue weighted by Crippen LogP contribution is 2.51. The fourth-order valence-electron chi connectivity index (χ4n) is 4.84. The number of aryl methyl sites for hydroxylation is 2. The monoisotopic (exact) mass is 354 g/mol. The molecule has 1 fully saturated rings. The quantitative estimate of drug-likeness (QED) is 0.883. The number of nitrogens with zero attached hydrogens (tertiary/aromatic N) is 2. The summed E-state index contributed by atoms with van der Waals surface area (Å²) in [5.41, 5.74) is 3.86. The van der Waals surface area contributed by atoms with Crippen LogP contribution in [-0.4, -0.2) is 42.0 Å². The van der Waals surface area contributed by atoms with Crippen molar-refractivity contribution in [2.75, 3.05) is 20.2 Å². The maximum atomic E-state index is 12.9. The van der Waals surface area contributed by atoms with Crippen LogP contribution in [0, 0.1) is 6.92 Å². The molecule has 6 nitrogen and oxygen atoms in total. The number of amides is 1. The van der Waals surface area contributed by atoms with E-state index in [0.29, 0.717) is 5.69 Å². The highest BCUT2D eigenvalue weighted by Gasteiger charge is 2.53. The Balaban J connectivity index is 1.71. The lowest BCUT2D eigenvalue weighted by Crippen LogP contribution is -2.49. The molecule has 1 aromatic carbocycles. The molecule has 1 saturated heterocycles. The maximum Gasteiger partial charge on any atom is 0.270 e. The van der Waals surface area contributed by atoms with Gasteiger partial charge in [0.25, 0.3) is 5.91 Å². The molecule has 138 valence electrons. The standard InChI is InChI=1S/C20H26N4O2/c1-13-12-16(24(2)23-13)19(25)22-17-14-6-4-5-7-15(14)20(18(17)26-3)8-10-21-11-9-20/h4-7,12,17-18,21H,8-11H2,1-3H3,(H,22,25)/t17-,18+/m1/s1. The van der Waals surface area contributed by atoms with E-state index in [4.69, 9.17) is 4.74 Å². The molecule has 26 heavy (non-hydrogen) atoms. The van der Waals surface area contributed by atoms with Gasteiger partial charge in [-0.15, -0.1) is 0 Å². The highest BCUT2D eigenvalue weighted by atomic mass is 16.5. The zero-order valence-electron chi connectivity index (χ0n) is 15.6. The number of nitrogens with one attached hydrogen (secondary N) is 2. The molecular formula is C20H26N4O2. The van der Waals surface area contributed by atoms with Crippen LogP contribution in [0.4, 0.5) is 0 Å². The molecule has 1 aliphatic heterocycles. The van der Waals surface area contributed by atoms with Crippen LogP contribution in [0.5, 0.6) is 0 Å². The lowest BCUT2D eigenvalue weighted by atomic mass is 9.72. The molecule has 2 atom stereocenters. The van der Waals surface area contributed by atoms with Gasteiger partial charge >= 0.3 is 0 Å². The van der Waals surface area contributed by atoms with Crippen LogP contribution in [0.15, 0.2) is 30.3 Å². The fraction of sp³-hybridized carbons (Fsp3) is 0.500. The molecule has 1 amide bonds. The van der Waals surface area contributed by atoms with Crippen molar-refractivity contribution in [3.05, 3.63) is 52.8 Å². The predicted octanol–water partition coefficient (Wildman–Crippen LogP) is 1.85. The molecular weight excluding hydrogens is 328 g/mol. The van der Waals surface area contributed by atoms with Gasteiger partial charge in [0, 0.05) is 19.6 Å². The largest absolute Gasteiger partial charge is 0.378 e. The second-order valence-corrected chi connectivity index (χ2v) is 7.40. The number of benzene rings is 1. The minimum atomic E-state index is -0.156. The third-order valence-corrected chi connectivity index (χ3v) is 5.95. The van der Waals surface area contributed by atoms with Gasteiger partial charge in [0.15, 0.2) is 0 Å². The van der Waals surface area contributed by atoms with E-state index in [-0.39, 0.29) is 23.5 Å². The number of aromatic nitrogens is 2. The van der Waals surface area contributed by atoms with Crippen molar-refractivity contribution in [2.24, 2.45) is 7.05 Å². The van der Waals surface area contributed by atoms with Crippen LogP contribution in [0.25, 0.3) is 0 Å². The lowest BCUT2D eigenvalue weighted by molar-refractivity contribution is 0.00388. The van der Waals surface area contributed by atoms with Crippen molar-refractivity contribution in [1.82, 2.24) is 20.4 Å². The predicted molar refractivity (Wildman–Crippen MR) is 99.2 cm³/mol. The number of piperidine rings is 1. The highest BCUT2D eigenvalue weighted by molar-refractivity contribution is 5.93. The van der Waals surface area contributed by atoms with Gasteiger partial charge < -0.3 is 15.4 Å². The Bertz CT molecular complexity index is 823. The summed E-state index contributed by atoms with van der Waals surface area (Å²) in [5, 5.41) is 11.0. The number of carbonyl (C=O) groups is 1. The number of hydrogen-bond donors (Lipinski definition) is 2. The van der Waals surface area contributed by atoms with E-state index < -0.39 is 0 Å². The molecule has 1 aliphatic carbocycles. The average Bonchev–Trinajstić information content (AvgIpc) is 3.11. The molecule has 1 aromatic heterocycles. The van der Waals surface area contributed by atoms with Crippen molar-refractivity contribution in [1.29, 1.82) is 0 Å². The Hall–Kier alpha value is -2.18. The number of carbonyl (C=O) groups excluding carboxylic acids is 1. The third-order valence-electron chi connectivity index (χ3n) is 5.95. The molecule has 0 saturated carbocycles. The summed E-state index contributed by atoms with van der Waals surface area (Å²) in [4.78, 5) is 12.9. The molecule has 2 heterocycles. The van der Waals surface area contributed by atoms with Crippen LogP contribution >= 0.6 is 0 Å². The summed E-state index contributed by atoms with van der Waals surface area (Å²) in [7, 11) is 3.56. The molecule has 2 N–H and O–H groups in total. The minimum Gasteiger partial charge on any atom is -0.378 e. The summed E-state index contributed by atoms with van der Waals surface area (Å²) in [6.45, 7) is 3.83. The number of hydrogen-bond acceptors (Lipinski definition) is 4. The van der Waals surface area contributed by atoms with Crippen molar-refractivity contribution < 1.29 is 9.53 Å². The summed E-state index contributed by atoms with van der Waals surface area (Å²) < 4.78 is 7.64. The Morgan fingerprint density at radius 1 is 1.35 bits per heavy atom. The van der Waals surface area contributed by atoms with Gasteiger partial charge in [0.2, 0.25) is 0 Å². The molecule has 6 heteroatoms. The number of methoxy groups -OCH3 is 1. The van der Waals surface area contributed by atoms with Crippen LogP contribution in [0.2, 0.25) is 0 Å². The van der Waals surface area contributed by atoms with Crippen LogP contribution in [0.3, 0.4) is 0 Å². The normalized spacial score (nSPS) is 23.8. The van der Waals surface area contributed by atoms with Gasteiger partial charge in [-0.05, 0) is 50.0 Å². The molecule has 1 spiro atoms. The molecule has 4 rings (SSSR count). The lowest BCUT2D eigenvalue weighted by Gasteiger charge is -2.40. The van der Waals surface area contributed by atoms with Crippen molar-refractivity contribution in [3.8, 4) is 0 Å². The summed E-state index contributed by atoms with van der Waals surface area (Å²) >= 11 is 0. The maximum absolute atomic E-state index is 12.9. The van der Waals surface area contributed by atoms with Gasteiger partial charge in [-0.1, -0.05) is 24.3 Å². The molecule has 2 aromatic rings. The SMILES string of the molecule is CO[C@H]1[C@H](NC(=O)c2cc(C)nn2C)c2ccccc2C12CCNCC2. The van der Waals surface area contributed by atoms with E-state index in [9.17, 15) is 4.79 Å². The van der Waals surface area contributed by atoms with Gasteiger partial charge in [-0.2, -0.15) is 5.10 Å². The smallest absolute Gasteiger partial charge is 0.270 e. The first-order chi connectivity index (χ1) is 12.6. The van der Waals surface area contributed by atoms with Crippen LogP contribution in [-0.2, 0) is 17.2 Å². The summed E-state index contributed by atoms with van der Waals surface area (Å²) in [5.74, 6) is -0.110. The van der Waals surface area contributed by atoms with Crippen LogP contribution in [0.1, 0.15) is 46.2 Å². The second-order valence-electron chi connectivity index (χ2n) is 7.40. The van der Waals surface area contributed by atoms with E-state index in [0.717, 1.165) is 31.6 Å². The minimum absolute atomic E-state index is 0.0447. The molecule has 0 radical (unpaired) electrons. The van der Waals surface area contributed by atoms with E-state index >= 15 is 0 Å². The van der Waals surface area contributed by atoms with E-state index in [1.807, 2.05) is 19.1 Å². The first-order valence-corrected chi connectivity index (χ1v) is 9.21. The number of rotatable bonds is 3. The fourth-order valence-corrected chi connectivity index (χ4v) is 4.84. The summed E-state index contributed by atoms with van der Waals surface area (Å²) in [6.07, 6.45) is 1.96. The second kappa shape index (κ2) is 6.52. The Morgan fingerprint density at radius 2 is 2.08 bits per heavy atom. The van der Waals surface area contributed by atoms with Crippen molar-refractivity contribution >= 4 is 5.91 Å². The molecule has 0 unspecified atom stereocenters. The zero-order chi connectivity index (χ0) is 18.3. The topological polar surface area (TPSA) is 68.2 Å². The number of fused-ring (bicyclic) bond motifs is 2. The van der Waals surface area contributed by atoms with Crippen molar-refractivity contribution in [3.63, 3.8) is 0 Å². The van der Waals surface area contributed by atoms with Gasteiger partial charge in [-0.3, -0.25) is 9.48 Å². The molecule has 2 aliphatic rings. The molecule has 0 bridgehead atoms. The zero-order valence-corrected chi connectivity index (χ0v) is 15.6. The van der Waals surface area contributed by atoms with Gasteiger partial charge in [0.1, 0.15) is 5.69 Å².